The summed E-state index contributed by atoms with van der Waals surface area (Å²) in [5.41, 5.74) is 5.66. The van der Waals surface area contributed by atoms with Crippen molar-refractivity contribution >= 4 is 17.6 Å². The van der Waals surface area contributed by atoms with E-state index in [1.807, 2.05) is 17.8 Å². The quantitative estimate of drug-likeness (QED) is 0.793. The summed E-state index contributed by atoms with van der Waals surface area (Å²) < 4.78 is 1.90. The summed E-state index contributed by atoms with van der Waals surface area (Å²) >= 11 is 1.40. The fraction of sp³-hybridized carbons (Fsp3) is 0.125. The van der Waals surface area contributed by atoms with E-state index in [0.717, 1.165) is 5.16 Å². The summed E-state index contributed by atoms with van der Waals surface area (Å²) in [5, 5.41) is 1.53. The second kappa shape index (κ2) is 3.67. The first-order valence-electron chi connectivity index (χ1n) is 3.99. The minimum atomic E-state index is 0.431. The number of nitrogens with two attached hydrogens (primary N) is 1. The van der Waals surface area contributed by atoms with Crippen LogP contribution >= 0.6 is 11.8 Å². The van der Waals surface area contributed by atoms with Gasteiger partial charge in [-0.15, -0.1) is 0 Å². The molecule has 0 saturated heterocycles. The first kappa shape index (κ1) is 9.01. The number of aryl methyl sites for hydroxylation is 1. The number of hydrogen-bond donors (Lipinski definition) is 1. The zero-order valence-corrected chi connectivity index (χ0v) is 8.40. The molecule has 0 aliphatic heterocycles. The van der Waals surface area contributed by atoms with E-state index < -0.39 is 0 Å². The van der Waals surface area contributed by atoms with Gasteiger partial charge in [0.25, 0.3) is 0 Å². The summed E-state index contributed by atoms with van der Waals surface area (Å²) in [5.74, 6) is 0.431. The SMILES string of the molecule is Cn1ccnc1Sc1nccnc1N. The Morgan fingerprint density at radius 2 is 2.00 bits per heavy atom. The molecule has 2 heterocycles. The van der Waals surface area contributed by atoms with E-state index in [4.69, 9.17) is 5.73 Å². The molecule has 72 valence electrons. The predicted octanol–water partition coefficient (Wildman–Crippen LogP) is 0.943. The molecule has 0 radical (unpaired) electrons. The monoisotopic (exact) mass is 207 g/mol. The molecule has 6 heteroatoms. The Labute approximate surface area is 85.4 Å². The van der Waals surface area contributed by atoms with Gasteiger partial charge in [0.15, 0.2) is 11.0 Å². The lowest BCUT2D eigenvalue weighted by Crippen LogP contribution is -1.96. The molecule has 0 aliphatic rings. The maximum absolute atomic E-state index is 5.66. The Morgan fingerprint density at radius 1 is 1.21 bits per heavy atom. The van der Waals surface area contributed by atoms with Gasteiger partial charge in [0.2, 0.25) is 0 Å². The van der Waals surface area contributed by atoms with Crippen molar-refractivity contribution in [3.63, 3.8) is 0 Å². The van der Waals surface area contributed by atoms with Crippen LogP contribution in [0.5, 0.6) is 0 Å². The van der Waals surface area contributed by atoms with Crippen molar-refractivity contribution in [3.05, 3.63) is 24.8 Å². The van der Waals surface area contributed by atoms with Crippen molar-refractivity contribution in [1.29, 1.82) is 0 Å². The summed E-state index contributed by atoms with van der Waals surface area (Å²) in [6.45, 7) is 0. The van der Waals surface area contributed by atoms with Crippen molar-refractivity contribution in [3.8, 4) is 0 Å². The summed E-state index contributed by atoms with van der Waals surface area (Å²) in [4.78, 5) is 12.2. The van der Waals surface area contributed by atoms with Gasteiger partial charge in [-0.05, 0) is 11.8 Å². The van der Waals surface area contributed by atoms with Crippen LogP contribution in [-0.2, 0) is 7.05 Å². The average molecular weight is 207 g/mol. The van der Waals surface area contributed by atoms with Crippen LogP contribution in [0, 0.1) is 0 Å². The third-order valence-corrected chi connectivity index (χ3v) is 2.74. The summed E-state index contributed by atoms with van der Waals surface area (Å²) in [7, 11) is 1.92. The fourth-order valence-electron chi connectivity index (χ4n) is 0.951. The Bertz CT molecular complexity index is 439. The summed E-state index contributed by atoms with van der Waals surface area (Å²) in [6, 6.07) is 0. The van der Waals surface area contributed by atoms with Crippen molar-refractivity contribution in [1.82, 2.24) is 19.5 Å². The van der Waals surface area contributed by atoms with Gasteiger partial charge in [-0.25, -0.2) is 15.0 Å². The molecular weight excluding hydrogens is 198 g/mol. The largest absolute Gasteiger partial charge is 0.381 e. The highest BCUT2D eigenvalue weighted by Crippen LogP contribution is 2.26. The molecule has 14 heavy (non-hydrogen) atoms. The standard InChI is InChI=1S/C8H9N5S/c1-13-5-4-12-8(13)14-7-6(9)10-2-3-11-7/h2-5H,1H3,(H2,9,10). The highest BCUT2D eigenvalue weighted by molar-refractivity contribution is 7.99. The second-order valence-electron chi connectivity index (χ2n) is 2.67. The molecule has 0 amide bonds. The van der Waals surface area contributed by atoms with E-state index in [1.54, 1.807) is 18.6 Å². The molecule has 5 nitrogen and oxygen atoms in total. The van der Waals surface area contributed by atoms with Crippen LogP contribution in [-0.4, -0.2) is 19.5 Å². The van der Waals surface area contributed by atoms with E-state index in [9.17, 15) is 0 Å². The molecule has 2 N–H and O–H groups in total. The first-order chi connectivity index (χ1) is 6.77. The number of aromatic nitrogens is 4. The molecule has 0 atom stereocenters. The molecule has 2 aromatic rings. The molecule has 0 aromatic carbocycles. The smallest absolute Gasteiger partial charge is 0.174 e. The van der Waals surface area contributed by atoms with E-state index >= 15 is 0 Å². The molecule has 2 rings (SSSR count). The number of rotatable bonds is 2. The van der Waals surface area contributed by atoms with Crippen LogP contribution in [0.25, 0.3) is 0 Å². The van der Waals surface area contributed by atoms with E-state index in [2.05, 4.69) is 15.0 Å². The first-order valence-corrected chi connectivity index (χ1v) is 4.80. The van der Waals surface area contributed by atoms with Gasteiger partial charge >= 0.3 is 0 Å². The van der Waals surface area contributed by atoms with Crippen LogP contribution in [0.4, 0.5) is 5.82 Å². The third-order valence-electron chi connectivity index (χ3n) is 1.66. The lowest BCUT2D eigenvalue weighted by molar-refractivity contribution is 0.788. The van der Waals surface area contributed by atoms with Gasteiger partial charge in [-0.1, -0.05) is 0 Å². The van der Waals surface area contributed by atoms with Gasteiger partial charge in [-0.2, -0.15) is 0 Å². The van der Waals surface area contributed by atoms with Gasteiger partial charge < -0.3 is 10.3 Å². The zero-order chi connectivity index (χ0) is 9.97. The van der Waals surface area contributed by atoms with Crippen LogP contribution in [0.3, 0.4) is 0 Å². The minimum absolute atomic E-state index is 0.431. The van der Waals surface area contributed by atoms with Gasteiger partial charge in [0.1, 0.15) is 5.03 Å². The fourth-order valence-corrected chi connectivity index (χ4v) is 1.71. The lowest BCUT2D eigenvalue weighted by Gasteiger charge is -2.01. The minimum Gasteiger partial charge on any atom is -0.381 e. The van der Waals surface area contributed by atoms with E-state index in [-0.39, 0.29) is 0 Å². The lowest BCUT2D eigenvalue weighted by atomic mass is 10.7. The summed E-state index contributed by atoms with van der Waals surface area (Å²) in [6.07, 6.45) is 6.78. The van der Waals surface area contributed by atoms with Crippen LogP contribution in [0.2, 0.25) is 0 Å². The Hall–Kier alpha value is -1.56. The molecule has 0 saturated carbocycles. The Morgan fingerprint density at radius 3 is 2.64 bits per heavy atom. The Balaban J connectivity index is 2.28. The third kappa shape index (κ3) is 1.69. The van der Waals surface area contributed by atoms with Crippen LogP contribution in [0.1, 0.15) is 0 Å². The highest BCUT2D eigenvalue weighted by Gasteiger charge is 2.06. The zero-order valence-electron chi connectivity index (χ0n) is 7.58. The number of imidazole rings is 1. The van der Waals surface area contributed by atoms with Gasteiger partial charge in [-0.3, -0.25) is 0 Å². The molecule has 0 unspecified atom stereocenters. The normalized spacial score (nSPS) is 10.4. The molecule has 2 aromatic heterocycles. The van der Waals surface area contributed by atoms with Gasteiger partial charge in [0, 0.05) is 31.8 Å². The molecular formula is C8H9N5S. The Kier molecular flexibility index (Phi) is 2.36. The molecule has 0 fully saturated rings. The van der Waals surface area contributed by atoms with Crippen molar-refractivity contribution < 1.29 is 0 Å². The maximum atomic E-state index is 5.66. The highest BCUT2D eigenvalue weighted by atomic mass is 32.2. The molecule has 0 spiro atoms. The van der Waals surface area contributed by atoms with Crippen molar-refractivity contribution in [2.75, 3.05) is 5.73 Å². The van der Waals surface area contributed by atoms with Crippen molar-refractivity contribution in [2.24, 2.45) is 7.05 Å². The number of nitrogens with zero attached hydrogens (tertiary/aromatic N) is 4. The van der Waals surface area contributed by atoms with E-state index in [1.165, 1.54) is 11.8 Å². The average Bonchev–Trinajstić information content (AvgIpc) is 2.56. The van der Waals surface area contributed by atoms with Crippen LogP contribution < -0.4 is 5.73 Å². The number of anilines is 1. The molecule has 0 bridgehead atoms. The topological polar surface area (TPSA) is 69.6 Å². The molecule has 0 aliphatic carbocycles. The predicted molar refractivity (Wildman–Crippen MR) is 53.8 cm³/mol. The number of nitrogen functional groups attached to an aromatic ring is 1. The van der Waals surface area contributed by atoms with Crippen LogP contribution in [0.15, 0.2) is 35.0 Å². The second-order valence-corrected chi connectivity index (χ2v) is 3.63. The van der Waals surface area contributed by atoms with Gasteiger partial charge in [0.05, 0.1) is 0 Å². The maximum Gasteiger partial charge on any atom is 0.174 e. The van der Waals surface area contributed by atoms with E-state index in [0.29, 0.717) is 10.8 Å². The number of hydrogen-bond acceptors (Lipinski definition) is 5. The van der Waals surface area contributed by atoms with Crippen molar-refractivity contribution in [2.45, 2.75) is 10.2 Å².